The average Bonchev–Trinajstić information content (AvgIpc) is 2.42. The molecule has 2 rings (SSSR count). The third kappa shape index (κ3) is 2.90. The lowest BCUT2D eigenvalue weighted by molar-refractivity contribution is 0.142. The highest BCUT2D eigenvalue weighted by Gasteiger charge is 2.37. The van der Waals surface area contributed by atoms with Crippen LogP contribution in [0.1, 0.15) is 50.6 Å². The summed E-state index contributed by atoms with van der Waals surface area (Å²) >= 11 is 0. The van der Waals surface area contributed by atoms with Gasteiger partial charge in [-0.2, -0.15) is 0 Å². The van der Waals surface area contributed by atoms with E-state index in [4.69, 9.17) is 10.6 Å². The second kappa shape index (κ2) is 5.88. The van der Waals surface area contributed by atoms with Crippen molar-refractivity contribution in [3.05, 3.63) is 29.6 Å². The number of hydrogen-bond donors (Lipinski definition) is 2. The number of nitrogens with two attached hydrogens (primary N) is 1. The summed E-state index contributed by atoms with van der Waals surface area (Å²) in [4.78, 5) is 0. The Kier molecular flexibility index (Phi) is 4.42. The highest BCUT2D eigenvalue weighted by molar-refractivity contribution is 5.32. The average molecular weight is 266 g/mol. The smallest absolute Gasteiger partial charge is 0.131 e. The van der Waals surface area contributed by atoms with Crippen molar-refractivity contribution in [1.29, 1.82) is 0 Å². The molecular formula is C15H23FN2O. The van der Waals surface area contributed by atoms with E-state index in [0.29, 0.717) is 11.3 Å². The molecule has 0 aliphatic heterocycles. The molecule has 0 aromatic heterocycles. The Balaban J connectivity index is 2.30. The highest BCUT2D eigenvalue weighted by Crippen LogP contribution is 2.46. The van der Waals surface area contributed by atoms with Gasteiger partial charge in [-0.15, -0.1) is 0 Å². The molecule has 0 spiro atoms. The first-order valence-electron chi connectivity index (χ1n) is 6.90. The maximum absolute atomic E-state index is 14.2. The molecule has 106 valence electrons. The first-order chi connectivity index (χ1) is 9.10. The van der Waals surface area contributed by atoms with Gasteiger partial charge in [0.05, 0.1) is 13.2 Å². The Hall–Kier alpha value is -1.13. The predicted molar refractivity (Wildman–Crippen MR) is 74.2 cm³/mol. The van der Waals surface area contributed by atoms with Gasteiger partial charge in [-0.25, -0.2) is 4.39 Å². The third-order valence-electron chi connectivity index (χ3n) is 4.38. The minimum Gasteiger partial charge on any atom is -0.497 e. The zero-order chi connectivity index (χ0) is 13.9. The highest BCUT2D eigenvalue weighted by atomic mass is 19.1. The minimum absolute atomic E-state index is 0.0163. The summed E-state index contributed by atoms with van der Waals surface area (Å²) in [5.74, 6) is 5.99. The SMILES string of the molecule is COc1ccc(C(NN)C2(C)CCCCC2)c(F)c1. The fourth-order valence-electron chi connectivity index (χ4n) is 3.18. The van der Waals surface area contributed by atoms with E-state index >= 15 is 0 Å². The predicted octanol–water partition coefficient (Wildman–Crippen LogP) is 3.31. The molecule has 1 saturated carbocycles. The molecule has 1 aliphatic rings. The van der Waals surface area contributed by atoms with E-state index in [2.05, 4.69) is 12.3 Å². The molecule has 3 nitrogen and oxygen atoms in total. The van der Waals surface area contributed by atoms with E-state index < -0.39 is 0 Å². The molecule has 1 fully saturated rings. The van der Waals surface area contributed by atoms with Crippen LogP contribution in [-0.4, -0.2) is 7.11 Å². The number of hydrazine groups is 1. The molecule has 19 heavy (non-hydrogen) atoms. The summed E-state index contributed by atoms with van der Waals surface area (Å²) in [6, 6.07) is 4.83. The molecule has 1 aliphatic carbocycles. The molecule has 4 heteroatoms. The van der Waals surface area contributed by atoms with Crippen molar-refractivity contribution in [2.24, 2.45) is 11.3 Å². The van der Waals surface area contributed by atoms with Crippen LogP contribution in [0, 0.1) is 11.2 Å². The number of ether oxygens (including phenoxy) is 1. The van der Waals surface area contributed by atoms with Gasteiger partial charge in [0.25, 0.3) is 0 Å². The van der Waals surface area contributed by atoms with Crippen molar-refractivity contribution in [1.82, 2.24) is 5.43 Å². The molecule has 1 aromatic rings. The zero-order valence-electron chi connectivity index (χ0n) is 11.7. The van der Waals surface area contributed by atoms with Crippen LogP contribution in [0.4, 0.5) is 4.39 Å². The van der Waals surface area contributed by atoms with Crippen molar-refractivity contribution in [2.75, 3.05) is 7.11 Å². The van der Waals surface area contributed by atoms with Crippen LogP contribution < -0.4 is 16.0 Å². The summed E-state index contributed by atoms with van der Waals surface area (Å²) in [6.45, 7) is 2.19. The van der Waals surface area contributed by atoms with Crippen molar-refractivity contribution < 1.29 is 9.13 Å². The van der Waals surface area contributed by atoms with E-state index in [1.54, 1.807) is 12.1 Å². The Morgan fingerprint density at radius 2 is 2.00 bits per heavy atom. The van der Waals surface area contributed by atoms with Crippen LogP contribution >= 0.6 is 0 Å². The van der Waals surface area contributed by atoms with E-state index in [0.717, 1.165) is 12.8 Å². The summed E-state index contributed by atoms with van der Waals surface area (Å²) in [5.41, 5.74) is 3.47. The maximum Gasteiger partial charge on any atom is 0.131 e. The van der Waals surface area contributed by atoms with Crippen LogP contribution in [0.15, 0.2) is 18.2 Å². The van der Waals surface area contributed by atoms with Crippen LogP contribution in [0.2, 0.25) is 0 Å². The van der Waals surface area contributed by atoms with Crippen molar-refractivity contribution >= 4 is 0 Å². The minimum atomic E-state index is -0.255. The van der Waals surface area contributed by atoms with Gasteiger partial charge in [0, 0.05) is 11.6 Å². The summed E-state index contributed by atoms with van der Waals surface area (Å²) in [6.07, 6.45) is 5.79. The lowest BCUT2D eigenvalue weighted by Gasteiger charge is -2.40. The van der Waals surface area contributed by atoms with E-state index in [1.165, 1.54) is 32.4 Å². The van der Waals surface area contributed by atoms with Crippen molar-refractivity contribution in [3.63, 3.8) is 0 Å². The van der Waals surface area contributed by atoms with E-state index in [1.807, 2.05) is 0 Å². The van der Waals surface area contributed by atoms with Crippen LogP contribution in [0.5, 0.6) is 5.75 Å². The molecular weight excluding hydrogens is 243 g/mol. The van der Waals surface area contributed by atoms with Gasteiger partial charge in [0.2, 0.25) is 0 Å². The second-order valence-electron chi connectivity index (χ2n) is 5.70. The first kappa shape index (κ1) is 14.3. The normalized spacial score (nSPS) is 20.0. The molecule has 1 unspecified atom stereocenters. The molecule has 1 atom stereocenters. The van der Waals surface area contributed by atoms with E-state index in [-0.39, 0.29) is 17.3 Å². The number of halogens is 1. The number of nitrogens with one attached hydrogen (secondary N) is 1. The Morgan fingerprint density at radius 1 is 1.32 bits per heavy atom. The van der Waals surface area contributed by atoms with Gasteiger partial charge >= 0.3 is 0 Å². The van der Waals surface area contributed by atoms with Gasteiger partial charge in [-0.1, -0.05) is 32.3 Å². The van der Waals surface area contributed by atoms with Gasteiger partial charge in [0.1, 0.15) is 11.6 Å². The summed E-state index contributed by atoms with van der Waals surface area (Å²) in [7, 11) is 1.54. The molecule has 0 radical (unpaired) electrons. The number of hydrogen-bond acceptors (Lipinski definition) is 3. The summed E-state index contributed by atoms with van der Waals surface area (Å²) in [5, 5.41) is 0. The number of rotatable bonds is 4. The van der Waals surface area contributed by atoms with Crippen LogP contribution in [0.3, 0.4) is 0 Å². The Labute approximate surface area is 114 Å². The second-order valence-corrected chi connectivity index (χ2v) is 5.70. The topological polar surface area (TPSA) is 47.3 Å². The molecule has 3 N–H and O–H groups in total. The van der Waals surface area contributed by atoms with Crippen LogP contribution in [-0.2, 0) is 0 Å². The fourth-order valence-corrected chi connectivity index (χ4v) is 3.18. The molecule has 0 saturated heterocycles. The van der Waals surface area contributed by atoms with Gasteiger partial charge < -0.3 is 4.74 Å². The van der Waals surface area contributed by atoms with Gasteiger partial charge in [-0.3, -0.25) is 11.3 Å². The molecule has 0 bridgehead atoms. The van der Waals surface area contributed by atoms with Gasteiger partial charge in [0.15, 0.2) is 0 Å². The van der Waals surface area contributed by atoms with Crippen molar-refractivity contribution in [3.8, 4) is 5.75 Å². The zero-order valence-corrected chi connectivity index (χ0v) is 11.7. The monoisotopic (exact) mass is 266 g/mol. The van der Waals surface area contributed by atoms with Gasteiger partial charge in [-0.05, 0) is 24.3 Å². The fraction of sp³-hybridized carbons (Fsp3) is 0.600. The molecule has 1 aromatic carbocycles. The van der Waals surface area contributed by atoms with E-state index in [9.17, 15) is 4.39 Å². The number of benzene rings is 1. The Morgan fingerprint density at radius 3 is 2.53 bits per heavy atom. The Bertz CT molecular complexity index is 430. The van der Waals surface area contributed by atoms with Crippen molar-refractivity contribution in [2.45, 2.75) is 45.1 Å². The third-order valence-corrected chi connectivity index (χ3v) is 4.38. The largest absolute Gasteiger partial charge is 0.497 e. The van der Waals surface area contributed by atoms with Crippen LogP contribution in [0.25, 0.3) is 0 Å². The lowest BCUT2D eigenvalue weighted by Crippen LogP contribution is -2.41. The standard InChI is InChI=1S/C15H23FN2O/c1-15(8-4-3-5-9-15)14(18-17)12-7-6-11(19-2)10-13(12)16/h6-7,10,14,18H,3-5,8-9,17H2,1-2H3. The molecule has 0 amide bonds. The lowest BCUT2D eigenvalue weighted by atomic mass is 9.69. The first-order valence-corrected chi connectivity index (χ1v) is 6.90. The summed E-state index contributed by atoms with van der Waals surface area (Å²) < 4.78 is 19.3. The quantitative estimate of drug-likeness (QED) is 0.649. The number of methoxy groups -OCH3 is 1. The molecule has 0 heterocycles. The maximum atomic E-state index is 14.2.